The highest BCUT2D eigenvalue weighted by Gasteiger charge is 2.21. The summed E-state index contributed by atoms with van der Waals surface area (Å²) >= 11 is 0. The summed E-state index contributed by atoms with van der Waals surface area (Å²) in [6.45, 7) is 4.14. The van der Waals surface area contributed by atoms with Crippen molar-refractivity contribution >= 4 is 19.8 Å². The van der Waals surface area contributed by atoms with Crippen molar-refractivity contribution in [1.82, 2.24) is 0 Å². The number of allylic oxidation sites excluding steroid dienone is 8. The molecule has 2 atom stereocenters. The summed E-state index contributed by atoms with van der Waals surface area (Å²) in [5.74, 6) is -0.841. The van der Waals surface area contributed by atoms with Gasteiger partial charge in [-0.3, -0.25) is 14.2 Å². The Kier molecular flexibility index (Phi) is 47.5. The van der Waals surface area contributed by atoms with Crippen LogP contribution in [0.4, 0.5) is 0 Å². The monoisotopic (exact) mass is 964 g/mol. The fourth-order valence-electron chi connectivity index (χ4n) is 7.83. The SMILES string of the molecule is CC/C=C\C/C=C\C/C=C\C/C=C\CCCCCCCCC(=O)OC(COC(=O)CCCCCCCCCCCCCCCCCCCCCCCCCC)COP(=O)([O-])OCC[N+](C)(C)C. The molecule has 0 aromatic rings. The first kappa shape index (κ1) is 65.0. The molecule has 2 unspecified atom stereocenters. The van der Waals surface area contributed by atoms with Crippen LogP contribution in [0.1, 0.15) is 251 Å². The second-order valence-electron chi connectivity index (χ2n) is 19.9. The molecule has 0 rings (SSSR count). The number of nitrogens with zero attached hydrogens (tertiary/aromatic N) is 1. The third-order valence-corrected chi connectivity index (χ3v) is 13.1. The van der Waals surface area contributed by atoms with Gasteiger partial charge in [-0.1, -0.05) is 236 Å². The molecule has 0 spiro atoms. The van der Waals surface area contributed by atoms with E-state index in [0.29, 0.717) is 17.4 Å². The lowest BCUT2D eigenvalue weighted by atomic mass is 10.0. The molecular formula is C57H106NO8P. The standard InChI is InChI=1S/C57H106NO8P/c1-6-8-10-12-14-16-18-20-22-24-26-27-28-29-30-32-33-35-37-39-41-43-45-47-49-56(59)63-53-55(54-65-67(61,62)64-52-51-58(3,4)5)66-57(60)50-48-46-44-42-40-38-36-34-31-25-23-21-19-17-15-13-11-9-7-2/h9,11,15,17,21,23,31,34,55H,6-8,10,12-14,16,18-20,22,24-30,32-33,35-54H2,1-5H3/b11-9-,17-15-,23-21-,34-31-. The zero-order valence-electron chi connectivity index (χ0n) is 44.3. The van der Waals surface area contributed by atoms with E-state index < -0.39 is 26.5 Å². The molecule has 0 aliphatic carbocycles. The summed E-state index contributed by atoms with van der Waals surface area (Å²) < 4.78 is 34.1. The molecule has 0 saturated carbocycles. The smallest absolute Gasteiger partial charge is 0.306 e. The fraction of sp³-hybridized carbons (Fsp3) is 0.825. The maximum absolute atomic E-state index is 12.8. The summed E-state index contributed by atoms with van der Waals surface area (Å²) in [4.78, 5) is 37.8. The third kappa shape index (κ3) is 53.2. The van der Waals surface area contributed by atoms with Crippen LogP contribution in [0.5, 0.6) is 0 Å². The van der Waals surface area contributed by atoms with Gasteiger partial charge < -0.3 is 27.9 Å². The van der Waals surface area contributed by atoms with Crippen molar-refractivity contribution in [3.8, 4) is 0 Å². The number of hydrogen-bond donors (Lipinski definition) is 0. The summed E-state index contributed by atoms with van der Waals surface area (Å²) in [7, 11) is 1.16. The molecule has 0 bridgehead atoms. The molecule has 0 saturated heterocycles. The molecular weight excluding hydrogens is 858 g/mol. The number of hydrogen-bond acceptors (Lipinski definition) is 8. The molecule has 10 heteroatoms. The Bertz CT molecular complexity index is 1270. The van der Waals surface area contributed by atoms with Crippen LogP contribution < -0.4 is 4.89 Å². The van der Waals surface area contributed by atoms with Crippen LogP contribution in [-0.2, 0) is 32.7 Å². The van der Waals surface area contributed by atoms with Crippen LogP contribution in [0.25, 0.3) is 0 Å². The minimum absolute atomic E-state index is 0.0340. The number of carbonyl (C=O) groups excluding carboxylic acids is 2. The minimum atomic E-state index is -4.64. The van der Waals surface area contributed by atoms with Crippen LogP contribution >= 0.6 is 7.82 Å². The fourth-order valence-corrected chi connectivity index (χ4v) is 8.55. The van der Waals surface area contributed by atoms with E-state index in [1.165, 1.54) is 135 Å². The quantitative estimate of drug-likeness (QED) is 0.0195. The highest BCUT2D eigenvalue weighted by Crippen LogP contribution is 2.38. The zero-order chi connectivity index (χ0) is 49.2. The van der Waals surface area contributed by atoms with Gasteiger partial charge >= 0.3 is 11.9 Å². The van der Waals surface area contributed by atoms with Crippen molar-refractivity contribution in [3.05, 3.63) is 48.6 Å². The highest BCUT2D eigenvalue weighted by atomic mass is 31.2. The first-order valence-corrected chi connectivity index (χ1v) is 29.3. The Hall–Kier alpha value is -2.03. The molecule has 0 N–H and O–H groups in total. The number of phosphoric acid groups is 1. The topological polar surface area (TPSA) is 111 Å². The van der Waals surface area contributed by atoms with E-state index in [1.807, 2.05) is 21.1 Å². The molecule has 0 aliphatic rings. The van der Waals surface area contributed by atoms with Crippen molar-refractivity contribution in [3.63, 3.8) is 0 Å². The van der Waals surface area contributed by atoms with Crippen molar-refractivity contribution in [1.29, 1.82) is 0 Å². The zero-order valence-corrected chi connectivity index (χ0v) is 45.2. The lowest BCUT2D eigenvalue weighted by Crippen LogP contribution is -2.37. The second kappa shape index (κ2) is 49.0. The van der Waals surface area contributed by atoms with Gasteiger partial charge in [0.25, 0.3) is 7.82 Å². The Morgan fingerprint density at radius 2 is 0.851 bits per heavy atom. The van der Waals surface area contributed by atoms with E-state index in [0.717, 1.165) is 83.5 Å². The molecule has 392 valence electrons. The molecule has 0 aromatic carbocycles. The normalized spacial score (nSPS) is 13.7. The number of carbonyl (C=O) groups is 2. The Labute approximate surface area is 414 Å². The Morgan fingerprint density at radius 1 is 0.478 bits per heavy atom. The maximum atomic E-state index is 12.8. The summed E-state index contributed by atoms with van der Waals surface area (Å²) in [5, 5.41) is 0. The van der Waals surface area contributed by atoms with Crippen LogP contribution in [0.2, 0.25) is 0 Å². The molecule has 0 aromatic heterocycles. The van der Waals surface area contributed by atoms with Gasteiger partial charge in [-0.25, -0.2) is 0 Å². The Morgan fingerprint density at radius 3 is 1.27 bits per heavy atom. The predicted octanol–water partition coefficient (Wildman–Crippen LogP) is 16.3. The maximum Gasteiger partial charge on any atom is 0.306 e. The van der Waals surface area contributed by atoms with Gasteiger partial charge in [-0.05, 0) is 51.4 Å². The van der Waals surface area contributed by atoms with Gasteiger partial charge in [0, 0.05) is 12.8 Å². The van der Waals surface area contributed by atoms with E-state index in [1.54, 1.807) is 0 Å². The van der Waals surface area contributed by atoms with Crippen molar-refractivity contribution in [2.75, 3.05) is 47.5 Å². The molecule has 0 heterocycles. The molecule has 9 nitrogen and oxygen atoms in total. The lowest BCUT2D eigenvalue weighted by Gasteiger charge is -2.28. The van der Waals surface area contributed by atoms with E-state index in [4.69, 9.17) is 18.5 Å². The van der Waals surface area contributed by atoms with Crippen LogP contribution in [0.3, 0.4) is 0 Å². The molecule has 0 radical (unpaired) electrons. The van der Waals surface area contributed by atoms with Gasteiger partial charge in [0.2, 0.25) is 0 Å². The van der Waals surface area contributed by atoms with Crippen LogP contribution in [0.15, 0.2) is 48.6 Å². The summed E-state index contributed by atoms with van der Waals surface area (Å²) in [5.41, 5.74) is 0. The number of phosphoric ester groups is 1. The average Bonchev–Trinajstić information content (AvgIpc) is 3.29. The summed E-state index contributed by atoms with van der Waals surface area (Å²) in [6, 6.07) is 0. The number of ether oxygens (including phenoxy) is 2. The number of quaternary nitrogens is 1. The Balaban J connectivity index is 4.17. The van der Waals surface area contributed by atoms with Crippen LogP contribution in [-0.4, -0.2) is 70.0 Å². The van der Waals surface area contributed by atoms with Crippen LogP contribution in [0, 0.1) is 0 Å². The van der Waals surface area contributed by atoms with Crippen molar-refractivity contribution < 1.29 is 42.1 Å². The molecule has 67 heavy (non-hydrogen) atoms. The number of unbranched alkanes of at least 4 members (excludes halogenated alkanes) is 29. The largest absolute Gasteiger partial charge is 0.756 e. The third-order valence-electron chi connectivity index (χ3n) is 12.1. The number of rotatable bonds is 51. The van der Waals surface area contributed by atoms with Gasteiger partial charge in [0.15, 0.2) is 6.10 Å². The number of likely N-dealkylation sites (N-methyl/N-ethyl adjacent to an activating group) is 1. The first-order valence-electron chi connectivity index (χ1n) is 27.8. The van der Waals surface area contributed by atoms with E-state index in [9.17, 15) is 19.0 Å². The van der Waals surface area contributed by atoms with Gasteiger partial charge in [-0.15, -0.1) is 0 Å². The average molecular weight is 964 g/mol. The van der Waals surface area contributed by atoms with Gasteiger partial charge in [0.05, 0.1) is 27.7 Å². The molecule has 0 aliphatic heterocycles. The van der Waals surface area contributed by atoms with E-state index in [2.05, 4.69) is 62.5 Å². The van der Waals surface area contributed by atoms with Gasteiger partial charge in [0.1, 0.15) is 19.8 Å². The molecule has 0 amide bonds. The molecule has 0 fully saturated rings. The number of esters is 2. The minimum Gasteiger partial charge on any atom is -0.756 e. The van der Waals surface area contributed by atoms with Crippen molar-refractivity contribution in [2.24, 2.45) is 0 Å². The highest BCUT2D eigenvalue weighted by molar-refractivity contribution is 7.45. The van der Waals surface area contributed by atoms with Gasteiger partial charge in [-0.2, -0.15) is 0 Å². The predicted molar refractivity (Wildman–Crippen MR) is 282 cm³/mol. The van der Waals surface area contributed by atoms with E-state index >= 15 is 0 Å². The second-order valence-corrected chi connectivity index (χ2v) is 21.3. The van der Waals surface area contributed by atoms with E-state index in [-0.39, 0.29) is 32.0 Å². The summed E-state index contributed by atoms with van der Waals surface area (Å²) in [6.07, 6.45) is 60.1. The van der Waals surface area contributed by atoms with Crippen molar-refractivity contribution in [2.45, 2.75) is 258 Å². The lowest BCUT2D eigenvalue weighted by molar-refractivity contribution is -0.870. The first-order chi connectivity index (χ1) is 32.5.